The third kappa shape index (κ3) is 3.70. The second-order valence-electron chi connectivity index (χ2n) is 4.66. The molecule has 0 radical (unpaired) electrons. The number of nitrogens with zero attached hydrogens (tertiary/aromatic N) is 2. The van der Waals surface area contributed by atoms with Crippen molar-refractivity contribution < 1.29 is 0 Å². The Balaban J connectivity index is 2.02. The van der Waals surface area contributed by atoms with E-state index in [1.165, 1.54) is 18.4 Å². The van der Waals surface area contributed by atoms with Gasteiger partial charge in [-0.25, -0.2) is 4.98 Å². The Hall–Kier alpha value is -1.61. The van der Waals surface area contributed by atoms with Crippen molar-refractivity contribution in [2.75, 3.05) is 18.0 Å². The summed E-state index contributed by atoms with van der Waals surface area (Å²) >= 11 is 0. The molecule has 0 amide bonds. The summed E-state index contributed by atoms with van der Waals surface area (Å²) in [5.41, 5.74) is 1.28. The van der Waals surface area contributed by atoms with Crippen molar-refractivity contribution in [2.45, 2.75) is 25.4 Å². The topological polar surface area (TPSA) is 28.2 Å². The maximum atomic E-state index is 4.42. The summed E-state index contributed by atoms with van der Waals surface area (Å²) in [5.74, 6) is 0.991. The van der Waals surface area contributed by atoms with Gasteiger partial charge in [0.05, 0.1) is 0 Å². The summed E-state index contributed by atoms with van der Waals surface area (Å²) in [4.78, 5) is 6.58. The number of pyridine rings is 1. The molecule has 1 N–H and O–H groups in total. The lowest BCUT2D eigenvalue weighted by Gasteiger charge is -2.20. The molecule has 0 saturated heterocycles. The van der Waals surface area contributed by atoms with Crippen molar-refractivity contribution in [1.82, 2.24) is 10.3 Å². The Morgan fingerprint density at radius 3 is 2.67 bits per heavy atom. The first kappa shape index (κ1) is 12.8. The van der Waals surface area contributed by atoms with E-state index < -0.39 is 0 Å². The first-order valence-electron chi connectivity index (χ1n) is 6.48. The first-order valence-corrected chi connectivity index (χ1v) is 6.48. The van der Waals surface area contributed by atoms with Crippen LogP contribution in [0.25, 0.3) is 0 Å². The van der Waals surface area contributed by atoms with Crippen LogP contribution in [0.1, 0.15) is 18.4 Å². The van der Waals surface area contributed by atoms with Gasteiger partial charge in [-0.05, 0) is 30.5 Å². The number of aromatic nitrogens is 1. The van der Waals surface area contributed by atoms with Gasteiger partial charge < -0.3 is 10.2 Å². The molecule has 0 aromatic carbocycles. The predicted octanol–water partition coefficient (Wildman–Crippen LogP) is 2.51. The molecule has 0 unspecified atom stereocenters. The molecule has 1 aromatic heterocycles. The van der Waals surface area contributed by atoms with Crippen LogP contribution in [0.5, 0.6) is 0 Å². The van der Waals surface area contributed by atoms with Gasteiger partial charge >= 0.3 is 0 Å². The fourth-order valence-electron chi connectivity index (χ4n) is 1.87. The highest BCUT2D eigenvalue weighted by atomic mass is 15.2. The van der Waals surface area contributed by atoms with Gasteiger partial charge in [-0.2, -0.15) is 0 Å². The van der Waals surface area contributed by atoms with Gasteiger partial charge in [0, 0.05) is 31.9 Å². The molecule has 1 heterocycles. The second kappa shape index (κ2) is 6.36. The second-order valence-corrected chi connectivity index (χ2v) is 4.66. The Morgan fingerprint density at radius 1 is 1.33 bits per heavy atom. The highest BCUT2D eigenvalue weighted by Crippen LogP contribution is 2.20. The third-order valence-corrected chi connectivity index (χ3v) is 3.01. The molecule has 0 bridgehead atoms. The highest BCUT2D eigenvalue weighted by Gasteiger charge is 2.20. The molecule has 0 aliphatic heterocycles. The van der Waals surface area contributed by atoms with Gasteiger partial charge in [0.25, 0.3) is 0 Å². The van der Waals surface area contributed by atoms with Crippen molar-refractivity contribution in [1.29, 1.82) is 0 Å². The number of nitrogens with one attached hydrogen (secondary N) is 1. The van der Waals surface area contributed by atoms with E-state index in [2.05, 4.69) is 40.5 Å². The van der Waals surface area contributed by atoms with Crippen LogP contribution in [0.15, 0.2) is 43.6 Å². The van der Waals surface area contributed by atoms with E-state index in [9.17, 15) is 0 Å². The van der Waals surface area contributed by atoms with E-state index in [1.54, 1.807) is 0 Å². The van der Waals surface area contributed by atoms with Crippen LogP contribution in [0.3, 0.4) is 0 Å². The number of anilines is 1. The normalized spacial score (nSPS) is 14.2. The summed E-state index contributed by atoms with van der Waals surface area (Å²) in [7, 11) is 0. The first-order chi connectivity index (χ1) is 8.83. The standard InChI is InChI=1S/C15H21N3/c1-3-9-18(10-4-2)15-11-13(7-8-16-15)12-17-14-5-6-14/h3-4,7-8,11,14,17H,1-2,5-6,9-10,12H2. The molecule has 0 spiro atoms. The summed E-state index contributed by atoms with van der Waals surface area (Å²) in [5, 5.41) is 3.52. The minimum absolute atomic E-state index is 0.735. The molecular formula is C15H21N3. The maximum Gasteiger partial charge on any atom is 0.129 e. The Morgan fingerprint density at radius 2 is 2.06 bits per heavy atom. The molecule has 1 aromatic rings. The Labute approximate surface area is 109 Å². The largest absolute Gasteiger partial charge is 0.349 e. The zero-order valence-electron chi connectivity index (χ0n) is 10.8. The summed E-state index contributed by atoms with van der Waals surface area (Å²) in [6.07, 6.45) is 8.28. The highest BCUT2D eigenvalue weighted by molar-refractivity contribution is 5.42. The molecule has 18 heavy (non-hydrogen) atoms. The molecule has 1 saturated carbocycles. The van der Waals surface area contributed by atoms with Gasteiger partial charge in [0.2, 0.25) is 0 Å². The lowest BCUT2D eigenvalue weighted by Crippen LogP contribution is -2.24. The molecule has 1 aliphatic rings. The minimum Gasteiger partial charge on any atom is -0.349 e. The van der Waals surface area contributed by atoms with Crippen molar-refractivity contribution in [3.8, 4) is 0 Å². The molecule has 3 heteroatoms. The van der Waals surface area contributed by atoms with E-state index >= 15 is 0 Å². The van der Waals surface area contributed by atoms with E-state index in [0.29, 0.717) is 0 Å². The van der Waals surface area contributed by atoms with Crippen LogP contribution in [0, 0.1) is 0 Å². The summed E-state index contributed by atoms with van der Waals surface area (Å²) in [6, 6.07) is 4.94. The van der Waals surface area contributed by atoms with Crippen LogP contribution in [0.2, 0.25) is 0 Å². The average Bonchev–Trinajstić information content (AvgIpc) is 3.21. The van der Waals surface area contributed by atoms with Gasteiger partial charge in [-0.15, -0.1) is 13.2 Å². The zero-order valence-corrected chi connectivity index (χ0v) is 10.8. The lowest BCUT2D eigenvalue weighted by molar-refractivity contribution is 0.686. The zero-order chi connectivity index (χ0) is 12.8. The summed E-state index contributed by atoms with van der Waals surface area (Å²) in [6.45, 7) is 10.1. The van der Waals surface area contributed by atoms with E-state index in [0.717, 1.165) is 31.5 Å². The van der Waals surface area contributed by atoms with Crippen LogP contribution >= 0.6 is 0 Å². The molecular weight excluding hydrogens is 222 g/mol. The number of hydrogen-bond acceptors (Lipinski definition) is 3. The average molecular weight is 243 g/mol. The Bertz CT molecular complexity index is 400. The maximum absolute atomic E-state index is 4.42. The summed E-state index contributed by atoms with van der Waals surface area (Å²) < 4.78 is 0. The van der Waals surface area contributed by atoms with Crippen molar-refractivity contribution in [2.24, 2.45) is 0 Å². The van der Waals surface area contributed by atoms with E-state index in [-0.39, 0.29) is 0 Å². The quantitative estimate of drug-likeness (QED) is 0.711. The molecule has 96 valence electrons. The van der Waals surface area contributed by atoms with E-state index in [1.807, 2.05) is 18.3 Å². The van der Waals surface area contributed by atoms with Gasteiger partial charge in [0.1, 0.15) is 5.82 Å². The lowest BCUT2D eigenvalue weighted by atomic mass is 10.2. The smallest absolute Gasteiger partial charge is 0.129 e. The van der Waals surface area contributed by atoms with Crippen LogP contribution in [-0.4, -0.2) is 24.1 Å². The van der Waals surface area contributed by atoms with Crippen molar-refractivity contribution >= 4 is 5.82 Å². The van der Waals surface area contributed by atoms with Crippen LogP contribution in [0.4, 0.5) is 5.82 Å². The van der Waals surface area contributed by atoms with Gasteiger partial charge in [-0.3, -0.25) is 0 Å². The predicted molar refractivity (Wildman–Crippen MR) is 76.7 cm³/mol. The van der Waals surface area contributed by atoms with E-state index in [4.69, 9.17) is 0 Å². The molecule has 3 nitrogen and oxygen atoms in total. The number of hydrogen-bond donors (Lipinski definition) is 1. The minimum atomic E-state index is 0.735. The van der Waals surface area contributed by atoms with Gasteiger partial charge in [-0.1, -0.05) is 12.2 Å². The number of rotatable bonds is 8. The van der Waals surface area contributed by atoms with Crippen molar-refractivity contribution in [3.05, 3.63) is 49.2 Å². The molecule has 2 rings (SSSR count). The fraction of sp³-hybridized carbons (Fsp3) is 0.400. The van der Waals surface area contributed by atoms with Crippen LogP contribution < -0.4 is 10.2 Å². The fourth-order valence-corrected chi connectivity index (χ4v) is 1.87. The molecule has 0 atom stereocenters. The SMILES string of the molecule is C=CCN(CC=C)c1cc(CNC2CC2)ccn1. The molecule has 1 aliphatic carbocycles. The third-order valence-electron chi connectivity index (χ3n) is 3.01. The molecule has 1 fully saturated rings. The van der Waals surface area contributed by atoms with Crippen molar-refractivity contribution in [3.63, 3.8) is 0 Å². The monoisotopic (exact) mass is 243 g/mol. The Kier molecular flexibility index (Phi) is 4.53. The van der Waals surface area contributed by atoms with Crippen LogP contribution in [-0.2, 0) is 6.54 Å². The van der Waals surface area contributed by atoms with Gasteiger partial charge in [0.15, 0.2) is 0 Å².